The number of halogens is 3. The van der Waals surface area contributed by atoms with Gasteiger partial charge in [-0.1, -0.05) is 37.3 Å². The summed E-state index contributed by atoms with van der Waals surface area (Å²) in [4.78, 5) is 40.6. The summed E-state index contributed by atoms with van der Waals surface area (Å²) in [7, 11) is 1.64. The Bertz CT molecular complexity index is 843. The van der Waals surface area contributed by atoms with Crippen molar-refractivity contribution in [2.75, 3.05) is 26.8 Å². The van der Waals surface area contributed by atoms with Crippen LogP contribution in [0.25, 0.3) is 0 Å². The number of amides is 2. The van der Waals surface area contributed by atoms with Gasteiger partial charge in [0.2, 0.25) is 5.91 Å². The standard InChI is InChI=1S/C22H33N3O4.C2HF3O2/c1-16(20(28-2)18-11-8-12-23-18)21(26)24-19(15-17-9-4-3-5-10-17)22(27)25-13-6-7-14-29-25;3-2(4,5)1(6)7/h3-5,9-10,16,18-20,23H,6-8,11-15H2,1-2H3,(H,24,26);(H,6,7)/t16-,18+,19+,20-;/m1./s1. The Morgan fingerprint density at radius 2 is 1.89 bits per heavy atom. The molecule has 0 radical (unpaired) electrons. The zero-order valence-electron chi connectivity index (χ0n) is 20.4. The number of carboxylic acids is 1. The lowest BCUT2D eigenvalue weighted by molar-refractivity contribution is -0.199. The number of benzene rings is 1. The highest BCUT2D eigenvalue weighted by Crippen LogP contribution is 2.20. The number of hydrogen-bond donors (Lipinski definition) is 3. The van der Waals surface area contributed by atoms with Crippen LogP contribution in [-0.2, 0) is 30.4 Å². The van der Waals surface area contributed by atoms with Crippen LogP contribution in [0.5, 0.6) is 0 Å². The predicted molar refractivity (Wildman–Crippen MR) is 124 cm³/mol. The van der Waals surface area contributed by atoms with Gasteiger partial charge in [0.05, 0.1) is 18.6 Å². The molecule has 0 unspecified atom stereocenters. The normalized spacial score (nSPS) is 20.5. The van der Waals surface area contributed by atoms with Gasteiger partial charge in [0.1, 0.15) is 6.04 Å². The van der Waals surface area contributed by atoms with Gasteiger partial charge in [0.15, 0.2) is 0 Å². The van der Waals surface area contributed by atoms with Crippen molar-refractivity contribution in [2.24, 2.45) is 5.92 Å². The summed E-state index contributed by atoms with van der Waals surface area (Å²) in [5.74, 6) is -3.49. The van der Waals surface area contributed by atoms with Crippen LogP contribution in [0.15, 0.2) is 30.3 Å². The maximum absolute atomic E-state index is 13.1. The van der Waals surface area contributed by atoms with Crippen molar-refractivity contribution in [2.45, 2.75) is 63.4 Å². The second-order valence-corrected chi connectivity index (χ2v) is 8.73. The number of rotatable bonds is 8. The highest BCUT2D eigenvalue weighted by Gasteiger charge is 2.38. The number of nitrogens with one attached hydrogen (secondary N) is 2. The minimum atomic E-state index is -5.08. The Balaban J connectivity index is 0.000000572. The smallest absolute Gasteiger partial charge is 0.475 e. The SMILES string of the molecule is CO[C@@H]([C@@H]1CCCN1)[C@@H](C)C(=O)N[C@@H](Cc1ccccc1)C(=O)N1CCCCO1.O=C(O)C(F)(F)F. The van der Waals surface area contributed by atoms with Crippen LogP contribution in [0.1, 0.15) is 38.2 Å². The number of methoxy groups -OCH3 is 1. The van der Waals surface area contributed by atoms with Gasteiger partial charge in [-0.25, -0.2) is 9.86 Å². The fourth-order valence-electron chi connectivity index (χ4n) is 4.16. The van der Waals surface area contributed by atoms with Crippen molar-refractivity contribution < 1.29 is 42.2 Å². The highest BCUT2D eigenvalue weighted by molar-refractivity contribution is 5.88. The van der Waals surface area contributed by atoms with Crippen molar-refractivity contribution in [3.8, 4) is 0 Å². The van der Waals surface area contributed by atoms with Crippen LogP contribution >= 0.6 is 0 Å². The maximum Gasteiger partial charge on any atom is 0.490 e. The minimum Gasteiger partial charge on any atom is -0.475 e. The van der Waals surface area contributed by atoms with Crippen LogP contribution in [-0.4, -0.2) is 79.1 Å². The molecular formula is C24H34F3N3O6. The summed E-state index contributed by atoms with van der Waals surface area (Å²) >= 11 is 0. The first-order valence-corrected chi connectivity index (χ1v) is 11.9. The van der Waals surface area contributed by atoms with Crippen molar-refractivity contribution in [1.29, 1.82) is 0 Å². The average molecular weight is 518 g/mol. The van der Waals surface area contributed by atoms with E-state index in [1.54, 1.807) is 7.11 Å². The summed E-state index contributed by atoms with van der Waals surface area (Å²) in [5, 5.41) is 14.9. The van der Waals surface area contributed by atoms with Crippen molar-refractivity contribution in [3.63, 3.8) is 0 Å². The van der Waals surface area contributed by atoms with E-state index in [2.05, 4.69) is 10.6 Å². The molecule has 202 valence electrons. The molecule has 12 heteroatoms. The van der Waals surface area contributed by atoms with E-state index in [0.29, 0.717) is 19.6 Å². The maximum atomic E-state index is 13.1. The van der Waals surface area contributed by atoms with Crippen LogP contribution in [0.3, 0.4) is 0 Å². The molecule has 0 aromatic heterocycles. The molecule has 3 N–H and O–H groups in total. The van der Waals surface area contributed by atoms with Crippen molar-refractivity contribution >= 4 is 17.8 Å². The first-order chi connectivity index (χ1) is 17.0. The number of carbonyl (C=O) groups excluding carboxylic acids is 2. The van der Waals surface area contributed by atoms with Crippen LogP contribution in [0, 0.1) is 5.92 Å². The van der Waals surface area contributed by atoms with Gasteiger partial charge < -0.3 is 20.5 Å². The van der Waals surface area contributed by atoms with E-state index in [4.69, 9.17) is 19.5 Å². The lowest BCUT2D eigenvalue weighted by Crippen LogP contribution is -2.54. The molecule has 4 atom stereocenters. The van der Waals surface area contributed by atoms with E-state index in [9.17, 15) is 22.8 Å². The zero-order chi connectivity index (χ0) is 26.7. The topological polar surface area (TPSA) is 117 Å². The molecule has 2 aliphatic heterocycles. The largest absolute Gasteiger partial charge is 0.490 e. The monoisotopic (exact) mass is 517 g/mol. The number of nitrogens with zero attached hydrogens (tertiary/aromatic N) is 1. The second-order valence-electron chi connectivity index (χ2n) is 8.73. The minimum absolute atomic E-state index is 0.162. The molecule has 2 amide bonds. The molecule has 1 aromatic carbocycles. The molecule has 0 aliphatic carbocycles. The van der Waals surface area contributed by atoms with E-state index in [0.717, 1.165) is 37.8 Å². The van der Waals surface area contributed by atoms with Crippen LogP contribution < -0.4 is 10.6 Å². The van der Waals surface area contributed by atoms with E-state index in [-0.39, 0.29) is 29.9 Å². The lowest BCUT2D eigenvalue weighted by atomic mass is 9.94. The number of hydrogen-bond acceptors (Lipinski definition) is 6. The first-order valence-electron chi connectivity index (χ1n) is 11.9. The van der Waals surface area contributed by atoms with Gasteiger partial charge in [-0.15, -0.1) is 0 Å². The molecule has 0 spiro atoms. The average Bonchev–Trinajstić information content (AvgIpc) is 3.39. The molecule has 36 heavy (non-hydrogen) atoms. The lowest BCUT2D eigenvalue weighted by Gasteiger charge is -2.32. The Hall–Kier alpha value is -2.70. The molecule has 1 aromatic rings. The number of aliphatic carboxylic acids is 1. The molecule has 9 nitrogen and oxygen atoms in total. The number of ether oxygens (including phenoxy) is 1. The number of carbonyl (C=O) groups is 3. The number of hydroxylamine groups is 2. The van der Waals surface area contributed by atoms with Gasteiger partial charge in [-0.2, -0.15) is 13.2 Å². The Kier molecular flexibility index (Phi) is 11.6. The molecule has 0 saturated carbocycles. The number of carboxylic acid groups (broad SMARTS) is 1. The van der Waals surface area contributed by atoms with Crippen LogP contribution in [0.4, 0.5) is 13.2 Å². The Morgan fingerprint density at radius 1 is 1.22 bits per heavy atom. The van der Waals surface area contributed by atoms with E-state index in [1.165, 1.54) is 5.06 Å². The molecule has 2 fully saturated rings. The fraction of sp³-hybridized carbons (Fsp3) is 0.625. The third-order valence-corrected chi connectivity index (χ3v) is 6.06. The van der Waals surface area contributed by atoms with Crippen LogP contribution in [0.2, 0.25) is 0 Å². The first kappa shape index (κ1) is 29.5. The summed E-state index contributed by atoms with van der Waals surface area (Å²) < 4.78 is 37.4. The second kappa shape index (κ2) is 14.1. The zero-order valence-corrected chi connectivity index (χ0v) is 20.4. The predicted octanol–water partition coefficient (Wildman–Crippen LogP) is 2.30. The van der Waals surface area contributed by atoms with Crippen molar-refractivity contribution in [1.82, 2.24) is 15.7 Å². The van der Waals surface area contributed by atoms with Gasteiger partial charge in [0, 0.05) is 26.1 Å². The van der Waals surface area contributed by atoms with Crippen molar-refractivity contribution in [3.05, 3.63) is 35.9 Å². The van der Waals surface area contributed by atoms with Gasteiger partial charge in [-0.05, 0) is 37.8 Å². The molecule has 3 rings (SSSR count). The van der Waals surface area contributed by atoms with E-state index in [1.807, 2.05) is 37.3 Å². The molecule has 2 aliphatic rings. The van der Waals surface area contributed by atoms with E-state index >= 15 is 0 Å². The van der Waals surface area contributed by atoms with E-state index < -0.39 is 18.2 Å². The molecule has 2 saturated heterocycles. The third-order valence-electron chi connectivity index (χ3n) is 6.06. The third kappa shape index (κ3) is 9.07. The molecular weight excluding hydrogens is 483 g/mol. The quantitative estimate of drug-likeness (QED) is 0.485. The Morgan fingerprint density at radius 3 is 2.39 bits per heavy atom. The highest BCUT2D eigenvalue weighted by atomic mass is 19.4. The summed E-state index contributed by atoms with van der Waals surface area (Å²) in [6, 6.07) is 9.23. The summed E-state index contributed by atoms with van der Waals surface area (Å²) in [6.07, 6.45) is -0.953. The molecule has 0 bridgehead atoms. The fourth-order valence-corrected chi connectivity index (χ4v) is 4.16. The van der Waals surface area contributed by atoms with Gasteiger partial charge in [0.25, 0.3) is 5.91 Å². The summed E-state index contributed by atoms with van der Waals surface area (Å²) in [6.45, 7) is 3.90. The molecule has 2 heterocycles. The van der Waals surface area contributed by atoms with Gasteiger partial charge in [-0.3, -0.25) is 14.4 Å². The number of alkyl halides is 3. The summed E-state index contributed by atoms with van der Waals surface area (Å²) in [5.41, 5.74) is 0.997. The Labute approximate surface area is 208 Å². The van der Waals surface area contributed by atoms with Gasteiger partial charge >= 0.3 is 12.1 Å².